The van der Waals surface area contributed by atoms with Gasteiger partial charge < -0.3 is 15.6 Å². The van der Waals surface area contributed by atoms with E-state index in [-0.39, 0.29) is 30.1 Å². The van der Waals surface area contributed by atoms with Crippen LogP contribution in [0.5, 0.6) is 0 Å². The number of carbonyl (C=O) groups excluding carboxylic acids is 1. The van der Waals surface area contributed by atoms with E-state index in [9.17, 15) is 4.79 Å². The molecule has 0 unspecified atom stereocenters. The van der Waals surface area contributed by atoms with Gasteiger partial charge in [0.2, 0.25) is 5.95 Å². The fraction of sp³-hybridized carbons (Fsp3) is 0.333. The Kier molecular flexibility index (Phi) is 6.40. The minimum atomic E-state index is -0.622. The standard InChI is InChI=1S/C24H27N7O3/c1-3-34-20(32)14-31-13-17(12-29-31)21(33)30-22(25)24(2,19-8-9-19)18-6-4-15(5-7-18)16-10-27-23(26)28-11-16/h4-7,10-13,19H,3,8-9,14H2,1-2H3,(H2,25,30,33)(H2,26,27,28)/p+1/t24-/m0/s1. The van der Waals surface area contributed by atoms with Gasteiger partial charge in [0, 0.05) is 24.2 Å². The molecule has 0 amide bonds. The number of hydrogen-bond acceptors (Lipinski definition) is 7. The van der Waals surface area contributed by atoms with Gasteiger partial charge in [0.1, 0.15) is 17.9 Å². The molecule has 0 aliphatic heterocycles. The van der Waals surface area contributed by atoms with Crippen molar-refractivity contribution in [3.05, 3.63) is 60.2 Å². The first-order valence-corrected chi connectivity index (χ1v) is 11.1. The van der Waals surface area contributed by atoms with Gasteiger partial charge in [-0.15, -0.1) is 4.99 Å². The van der Waals surface area contributed by atoms with E-state index in [1.165, 1.54) is 10.9 Å². The van der Waals surface area contributed by atoms with Crippen LogP contribution in [0.4, 0.5) is 5.95 Å². The molecular weight excluding hydrogens is 434 g/mol. The number of aromatic nitrogens is 4. The summed E-state index contributed by atoms with van der Waals surface area (Å²) in [6, 6.07) is 7.94. The van der Waals surface area contributed by atoms with Crippen molar-refractivity contribution < 1.29 is 14.6 Å². The Morgan fingerprint density at radius 2 is 1.91 bits per heavy atom. The van der Waals surface area contributed by atoms with E-state index in [2.05, 4.69) is 20.1 Å². The highest BCUT2D eigenvalue weighted by Gasteiger charge is 2.46. The third-order valence-electron chi connectivity index (χ3n) is 6.10. The lowest BCUT2D eigenvalue weighted by molar-refractivity contribution is -0.144. The van der Waals surface area contributed by atoms with Crippen molar-refractivity contribution in [1.29, 1.82) is 5.41 Å². The Balaban J connectivity index is 1.55. The van der Waals surface area contributed by atoms with E-state index in [1.807, 2.05) is 31.2 Å². The van der Waals surface area contributed by atoms with Gasteiger partial charge in [-0.05, 0) is 43.7 Å². The van der Waals surface area contributed by atoms with Crippen molar-refractivity contribution in [2.24, 2.45) is 10.9 Å². The number of nitrogen functional groups attached to an aromatic ring is 1. The van der Waals surface area contributed by atoms with Crippen LogP contribution >= 0.6 is 0 Å². The lowest BCUT2D eigenvalue weighted by Gasteiger charge is -2.28. The summed E-state index contributed by atoms with van der Waals surface area (Å²) >= 11 is 0. The normalized spacial score (nSPS) is 15.5. The molecule has 176 valence electrons. The van der Waals surface area contributed by atoms with Gasteiger partial charge in [0.15, 0.2) is 0 Å². The number of nitrogens with two attached hydrogens (primary N) is 1. The van der Waals surface area contributed by atoms with Gasteiger partial charge in [0.05, 0.1) is 18.2 Å². The number of esters is 1. The second-order valence-electron chi connectivity index (χ2n) is 8.42. The summed E-state index contributed by atoms with van der Waals surface area (Å²) in [6.45, 7) is 4.01. The second-order valence-corrected chi connectivity index (χ2v) is 8.42. The quantitative estimate of drug-likeness (QED) is 0.226. The van der Waals surface area contributed by atoms with Crippen LogP contribution in [0.2, 0.25) is 0 Å². The summed E-state index contributed by atoms with van der Waals surface area (Å²) in [5, 5.41) is 21.3. The summed E-state index contributed by atoms with van der Waals surface area (Å²) in [5.74, 6) is 0.174. The molecule has 1 fully saturated rings. The fourth-order valence-electron chi connectivity index (χ4n) is 3.93. The summed E-state index contributed by atoms with van der Waals surface area (Å²) in [4.78, 5) is 24.1. The van der Waals surface area contributed by atoms with E-state index in [0.717, 1.165) is 29.5 Å². The van der Waals surface area contributed by atoms with Gasteiger partial charge in [-0.25, -0.2) is 9.97 Å². The lowest BCUT2D eigenvalue weighted by Crippen LogP contribution is -2.34. The summed E-state index contributed by atoms with van der Waals surface area (Å²) < 4.78 is 6.33. The molecule has 10 heteroatoms. The molecule has 0 spiro atoms. The number of hydrogen-bond donors (Lipinski definition) is 2. The number of nitrogens with one attached hydrogen (secondary N) is 1. The molecule has 0 radical (unpaired) electrons. The summed E-state index contributed by atoms with van der Waals surface area (Å²) in [6.07, 6.45) is 8.40. The van der Waals surface area contributed by atoms with Crippen LogP contribution < -0.4 is 5.73 Å². The number of rotatable bonds is 8. The van der Waals surface area contributed by atoms with Crippen molar-refractivity contribution in [3.63, 3.8) is 0 Å². The van der Waals surface area contributed by atoms with Crippen LogP contribution in [0.3, 0.4) is 0 Å². The molecule has 5 N–H and O–H groups in total. The average molecular weight is 463 g/mol. The van der Waals surface area contributed by atoms with Gasteiger partial charge in [0.25, 0.3) is 0 Å². The Labute approximate surface area is 197 Å². The highest BCUT2D eigenvalue weighted by Crippen LogP contribution is 2.48. The molecule has 1 aliphatic carbocycles. The molecule has 10 nitrogen and oxygen atoms in total. The Bertz CT molecular complexity index is 1210. The van der Waals surface area contributed by atoms with Crippen molar-refractivity contribution in [2.75, 3.05) is 12.3 Å². The first kappa shape index (κ1) is 23.1. The van der Waals surface area contributed by atoms with E-state index in [1.54, 1.807) is 25.5 Å². The molecule has 3 aromatic rings. The molecule has 1 atom stereocenters. The highest BCUT2D eigenvalue weighted by atomic mass is 16.5. The second kappa shape index (κ2) is 9.42. The maximum absolute atomic E-state index is 11.7. The smallest absolute Gasteiger partial charge is 0.369 e. The maximum atomic E-state index is 11.7. The fourth-order valence-corrected chi connectivity index (χ4v) is 3.93. The van der Waals surface area contributed by atoms with Crippen LogP contribution in [0.1, 0.15) is 37.8 Å². The molecule has 2 aromatic heterocycles. The van der Waals surface area contributed by atoms with Gasteiger partial charge in [-0.1, -0.05) is 24.3 Å². The summed E-state index contributed by atoms with van der Waals surface area (Å²) in [5.41, 5.74) is 8.17. The SMILES string of the molecule is CCOC(=O)Cn1cc(C([OH2+])=NC(=N)[C@@](C)(c2ccc(-c3cnc(N)nc3)cc2)C2CC2)cn1. The van der Waals surface area contributed by atoms with Crippen LogP contribution in [0.15, 0.2) is 54.0 Å². The number of ether oxygens (including phenoxy) is 1. The van der Waals surface area contributed by atoms with Crippen molar-refractivity contribution in [1.82, 2.24) is 19.7 Å². The molecule has 0 saturated heterocycles. The van der Waals surface area contributed by atoms with Crippen molar-refractivity contribution in [2.45, 2.75) is 38.6 Å². The third-order valence-corrected chi connectivity index (χ3v) is 6.10. The van der Waals surface area contributed by atoms with Crippen LogP contribution in [0.25, 0.3) is 11.1 Å². The zero-order valence-corrected chi connectivity index (χ0v) is 19.2. The van der Waals surface area contributed by atoms with E-state index in [4.69, 9.17) is 21.0 Å². The van der Waals surface area contributed by atoms with Gasteiger partial charge in [-0.2, -0.15) is 5.10 Å². The third kappa shape index (κ3) is 4.80. The first-order chi connectivity index (χ1) is 16.3. The van der Waals surface area contributed by atoms with Crippen LogP contribution in [-0.4, -0.2) is 49.2 Å². The minimum absolute atomic E-state index is 0.0379. The number of carbonyl (C=O) groups is 1. The Morgan fingerprint density at radius 1 is 1.24 bits per heavy atom. The highest BCUT2D eigenvalue weighted by molar-refractivity contribution is 6.04. The van der Waals surface area contributed by atoms with Gasteiger partial charge in [-0.3, -0.25) is 14.9 Å². The Hall–Kier alpha value is -4.08. The van der Waals surface area contributed by atoms with E-state index >= 15 is 0 Å². The summed E-state index contributed by atoms with van der Waals surface area (Å²) in [7, 11) is 0. The first-order valence-electron chi connectivity index (χ1n) is 11.1. The van der Waals surface area contributed by atoms with Crippen LogP contribution in [-0.2, 0) is 21.5 Å². The predicted molar refractivity (Wildman–Crippen MR) is 129 cm³/mol. The monoisotopic (exact) mass is 462 g/mol. The van der Waals surface area contributed by atoms with Gasteiger partial charge >= 0.3 is 11.9 Å². The van der Waals surface area contributed by atoms with E-state index < -0.39 is 11.4 Å². The molecule has 0 bridgehead atoms. The molecule has 4 rings (SSSR count). The number of anilines is 1. The molecule has 34 heavy (non-hydrogen) atoms. The largest absolute Gasteiger partial charge is 0.578 e. The maximum Gasteiger partial charge on any atom is 0.369 e. The van der Waals surface area contributed by atoms with Crippen LogP contribution in [0, 0.1) is 11.3 Å². The van der Waals surface area contributed by atoms with E-state index in [0.29, 0.717) is 12.2 Å². The van der Waals surface area contributed by atoms with Crippen molar-refractivity contribution in [3.8, 4) is 11.1 Å². The molecular formula is C24H28N7O3+. The zero-order chi connectivity index (χ0) is 24.3. The lowest BCUT2D eigenvalue weighted by atomic mass is 9.76. The molecule has 1 aromatic carbocycles. The Morgan fingerprint density at radius 3 is 2.53 bits per heavy atom. The zero-order valence-electron chi connectivity index (χ0n) is 19.2. The molecule has 1 aliphatic rings. The van der Waals surface area contributed by atoms with Crippen molar-refractivity contribution >= 4 is 23.7 Å². The number of benzene rings is 1. The molecule has 1 saturated carbocycles. The minimum Gasteiger partial charge on any atom is -0.578 e. The number of nitrogens with zero attached hydrogens (tertiary/aromatic N) is 5. The number of amidine groups is 1. The average Bonchev–Trinajstić information content (AvgIpc) is 3.58. The molecule has 2 heterocycles. The number of aliphatic imine (C=N–C) groups is 1. The topological polar surface area (TPSA) is 155 Å². The predicted octanol–water partition coefficient (Wildman–Crippen LogP) is 2.30.